The minimum absolute atomic E-state index is 0.0449. The molecule has 2 aliphatic rings. The van der Waals surface area contributed by atoms with Crippen LogP contribution in [0.2, 0.25) is 0 Å². The number of piperidine rings is 1. The number of likely N-dealkylation sites (tertiary alicyclic amines) is 1. The fraction of sp³-hybridized carbons (Fsp3) is 0.789. The Morgan fingerprint density at radius 2 is 2.15 bits per heavy atom. The number of aryl methyl sites for hydroxylation is 1. The number of nitrogens with zero attached hydrogens (tertiary/aromatic N) is 4. The summed E-state index contributed by atoms with van der Waals surface area (Å²) in [6, 6.07) is 0.655. The van der Waals surface area contributed by atoms with Gasteiger partial charge in [0, 0.05) is 45.1 Å². The first kappa shape index (κ1) is 19.2. The second-order valence-corrected chi connectivity index (χ2v) is 7.73. The lowest BCUT2D eigenvalue weighted by Gasteiger charge is -2.37. The van der Waals surface area contributed by atoms with Crippen LogP contribution in [0.1, 0.15) is 44.3 Å². The highest BCUT2D eigenvalue weighted by molar-refractivity contribution is 5.74. The van der Waals surface area contributed by atoms with E-state index in [0.717, 1.165) is 18.4 Å². The largest absolute Gasteiger partial charge is 0.395 e. The van der Waals surface area contributed by atoms with Crippen molar-refractivity contribution in [2.45, 2.75) is 51.1 Å². The highest BCUT2D eigenvalue weighted by Crippen LogP contribution is 2.27. The minimum atomic E-state index is -0.111. The molecular formula is C19H33N5O2. The quantitative estimate of drug-likeness (QED) is 0.771. The van der Waals surface area contributed by atoms with E-state index < -0.39 is 0 Å². The molecule has 0 bridgehead atoms. The maximum absolute atomic E-state index is 12.6. The van der Waals surface area contributed by atoms with Gasteiger partial charge in [0.15, 0.2) is 0 Å². The van der Waals surface area contributed by atoms with Crippen molar-refractivity contribution in [2.24, 2.45) is 13.0 Å². The summed E-state index contributed by atoms with van der Waals surface area (Å²) >= 11 is 0. The molecule has 0 aromatic carbocycles. The molecule has 1 unspecified atom stereocenters. The number of rotatable bonds is 7. The molecule has 1 saturated heterocycles. The first-order valence-electron chi connectivity index (χ1n) is 10.0. The number of nitrogens with one attached hydrogen (secondary N) is 1. The second kappa shape index (κ2) is 9.37. The molecule has 7 heteroatoms. The summed E-state index contributed by atoms with van der Waals surface area (Å²) < 4.78 is 1.90. The van der Waals surface area contributed by atoms with Crippen LogP contribution in [-0.4, -0.2) is 69.3 Å². The zero-order valence-electron chi connectivity index (χ0n) is 15.9. The van der Waals surface area contributed by atoms with E-state index in [1.54, 1.807) is 11.1 Å². The lowest BCUT2D eigenvalue weighted by molar-refractivity contribution is 0.122. The third-order valence-electron chi connectivity index (χ3n) is 5.84. The van der Waals surface area contributed by atoms with E-state index >= 15 is 0 Å². The van der Waals surface area contributed by atoms with Gasteiger partial charge in [-0.2, -0.15) is 0 Å². The van der Waals surface area contributed by atoms with E-state index in [1.807, 2.05) is 17.8 Å². The molecule has 146 valence electrons. The molecule has 3 rings (SSSR count). The molecule has 2 heterocycles. The van der Waals surface area contributed by atoms with Gasteiger partial charge in [0.1, 0.15) is 5.82 Å². The summed E-state index contributed by atoms with van der Waals surface area (Å²) in [5.74, 6) is 1.34. The van der Waals surface area contributed by atoms with Crippen molar-refractivity contribution >= 4 is 6.03 Å². The van der Waals surface area contributed by atoms with Gasteiger partial charge in [0.25, 0.3) is 0 Å². The molecule has 1 aromatic rings. The Morgan fingerprint density at radius 1 is 1.35 bits per heavy atom. The van der Waals surface area contributed by atoms with Gasteiger partial charge in [-0.05, 0) is 38.1 Å². The minimum Gasteiger partial charge on any atom is -0.395 e. The summed E-state index contributed by atoms with van der Waals surface area (Å²) in [6.07, 6.45) is 11.4. The van der Waals surface area contributed by atoms with Crippen LogP contribution in [0, 0.1) is 5.92 Å². The maximum Gasteiger partial charge on any atom is 0.317 e. The Balaban J connectivity index is 1.48. The number of hydrogen-bond donors (Lipinski definition) is 2. The van der Waals surface area contributed by atoms with E-state index in [1.165, 1.54) is 45.1 Å². The fourth-order valence-corrected chi connectivity index (χ4v) is 4.30. The van der Waals surface area contributed by atoms with Crippen LogP contribution >= 0.6 is 0 Å². The Labute approximate surface area is 156 Å². The predicted molar refractivity (Wildman–Crippen MR) is 101 cm³/mol. The summed E-state index contributed by atoms with van der Waals surface area (Å²) in [4.78, 5) is 21.2. The SMILES string of the molecule is Cn1ccnc1CN(CCO)C(=O)NCC1CCCN(C2CCCC2)C1. The molecule has 1 aliphatic heterocycles. The molecule has 1 aliphatic carbocycles. The van der Waals surface area contributed by atoms with Gasteiger partial charge in [0.05, 0.1) is 13.2 Å². The van der Waals surface area contributed by atoms with Crippen LogP contribution in [0.15, 0.2) is 12.4 Å². The van der Waals surface area contributed by atoms with Gasteiger partial charge in [-0.1, -0.05) is 12.8 Å². The summed E-state index contributed by atoms with van der Waals surface area (Å²) in [6.45, 7) is 3.71. The molecule has 1 aromatic heterocycles. The number of urea groups is 1. The smallest absolute Gasteiger partial charge is 0.317 e. The first-order chi connectivity index (χ1) is 12.7. The number of carbonyl (C=O) groups excluding carboxylic acids is 1. The van der Waals surface area contributed by atoms with E-state index in [9.17, 15) is 9.90 Å². The van der Waals surface area contributed by atoms with Crippen molar-refractivity contribution in [1.29, 1.82) is 0 Å². The van der Waals surface area contributed by atoms with E-state index in [4.69, 9.17) is 0 Å². The molecule has 7 nitrogen and oxygen atoms in total. The summed E-state index contributed by atoms with van der Waals surface area (Å²) in [5.41, 5.74) is 0. The van der Waals surface area contributed by atoms with Crippen molar-refractivity contribution in [2.75, 3.05) is 32.8 Å². The summed E-state index contributed by atoms with van der Waals surface area (Å²) in [5, 5.41) is 12.4. The Kier molecular flexibility index (Phi) is 6.91. The highest BCUT2D eigenvalue weighted by atomic mass is 16.3. The van der Waals surface area contributed by atoms with Crippen molar-refractivity contribution < 1.29 is 9.90 Å². The van der Waals surface area contributed by atoms with Crippen molar-refractivity contribution in [3.05, 3.63) is 18.2 Å². The molecule has 2 N–H and O–H groups in total. The highest BCUT2D eigenvalue weighted by Gasteiger charge is 2.28. The Hall–Kier alpha value is -1.60. The lowest BCUT2D eigenvalue weighted by atomic mass is 9.96. The van der Waals surface area contributed by atoms with Gasteiger partial charge < -0.3 is 24.8 Å². The Bertz CT molecular complexity index is 570. The number of aliphatic hydroxyl groups excluding tert-OH is 1. The third kappa shape index (κ3) is 4.98. The second-order valence-electron chi connectivity index (χ2n) is 7.73. The molecule has 0 radical (unpaired) electrons. The van der Waals surface area contributed by atoms with Crippen molar-refractivity contribution in [3.63, 3.8) is 0 Å². The van der Waals surface area contributed by atoms with Gasteiger partial charge in [0.2, 0.25) is 0 Å². The molecule has 2 amide bonds. The zero-order valence-corrected chi connectivity index (χ0v) is 15.9. The van der Waals surface area contributed by atoms with E-state index in [0.29, 0.717) is 25.6 Å². The topological polar surface area (TPSA) is 73.6 Å². The van der Waals surface area contributed by atoms with Crippen LogP contribution in [0.5, 0.6) is 0 Å². The number of amides is 2. The number of carbonyl (C=O) groups is 1. The number of imidazole rings is 1. The number of aliphatic hydroxyl groups is 1. The monoisotopic (exact) mass is 363 g/mol. The predicted octanol–water partition coefficient (Wildman–Crippen LogP) is 1.58. The summed E-state index contributed by atoms with van der Waals surface area (Å²) in [7, 11) is 1.91. The van der Waals surface area contributed by atoms with Gasteiger partial charge in [-0.25, -0.2) is 9.78 Å². The fourth-order valence-electron chi connectivity index (χ4n) is 4.30. The first-order valence-corrected chi connectivity index (χ1v) is 10.0. The molecule has 1 saturated carbocycles. The molecule has 0 spiro atoms. The number of aromatic nitrogens is 2. The van der Waals surface area contributed by atoms with Gasteiger partial charge in [-0.15, -0.1) is 0 Å². The third-order valence-corrected chi connectivity index (χ3v) is 5.84. The standard InChI is InChI=1S/C19H33N5O2/c1-22-10-8-20-18(22)15-24(11-12-25)19(26)21-13-16-5-4-9-23(14-16)17-6-2-3-7-17/h8,10,16-17,25H,2-7,9,11-15H2,1H3,(H,21,26). The average molecular weight is 364 g/mol. The average Bonchev–Trinajstić information content (AvgIpc) is 3.32. The number of hydrogen-bond acceptors (Lipinski definition) is 4. The molecular weight excluding hydrogens is 330 g/mol. The van der Waals surface area contributed by atoms with Crippen LogP contribution in [0.3, 0.4) is 0 Å². The lowest BCUT2D eigenvalue weighted by Crippen LogP contribution is -2.47. The van der Waals surface area contributed by atoms with E-state index in [-0.39, 0.29) is 12.6 Å². The molecule has 1 atom stereocenters. The van der Waals surface area contributed by atoms with Gasteiger partial charge >= 0.3 is 6.03 Å². The molecule has 2 fully saturated rings. The van der Waals surface area contributed by atoms with Crippen molar-refractivity contribution in [1.82, 2.24) is 24.7 Å². The zero-order chi connectivity index (χ0) is 18.4. The van der Waals surface area contributed by atoms with Crippen LogP contribution < -0.4 is 5.32 Å². The van der Waals surface area contributed by atoms with Gasteiger partial charge in [-0.3, -0.25) is 0 Å². The molecule has 26 heavy (non-hydrogen) atoms. The van der Waals surface area contributed by atoms with Crippen LogP contribution in [0.4, 0.5) is 4.79 Å². The van der Waals surface area contributed by atoms with Crippen LogP contribution in [-0.2, 0) is 13.6 Å². The normalized spacial score (nSPS) is 21.8. The van der Waals surface area contributed by atoms with E-state index in [2.05, 4.69) is 15.2 Å². The van der Waals surface area contributed by atoms with Crippen LogP contribution in [0.25, 0.3) is 0 Å². The maximum atomic E-state index is 12.6. The van der Waals surface area contributed by atoms with Crippen molar-refractivity contribution in [3.8, 4) is 0 Å². The Morgan fingerprint density at radius 3 is 2.85 bits per heavy atom.